The first-order valence-electron chi connectivity index (χ1n) is 6.89. The van der Waals surface area contributed by atoms with E-state index in [-0.39, 0.29) is 11.9 Å². The Kier molecular flexibility index (Phi) is 2.43. The molecule has 1 saturated heterocycles. The molecule has 2 N–H and O–H groups in total. The van der Waals surface area contributed by atoms with E-state index in [1.54, 1.807) is 0 Å². The maximum Gasteiger partial charge on any atom is 0.240 e. The third-order valence-electron chi connectivity index (χ3n) is 4.57. The largest absolute Gasteiger partial charge is 0.368 e. The van der Waals surface area contributed by atoms with Gasteiger partial charge in [-0.25, -0.2) is 4.98 Å². The number of rotatable bonds is 3. The summed E-state index contributed by atoms with van der Waals surface area (Å²) in [5, 5.41) is 0. The van der Waals surface area contributed by atoms with Gasteiger partial charge >= 0.3 is 0 Å². The second-order valence-electron chi connectivity index (χ2n) is 5.95. The zero-order chi connectivity index (χ0) is 13.1. The summed E-state index contributed by atoms with van der Waals surface area (Å²) in [6.45, 7) is 0. The maximum absolute atomic E-state index is 11.7. The van der Waals surface area contributed by atoms with Crippen LogP contribution in [0.25, 0.3) is 0 Å². The van der Waals surface area contributed by atoms with Crippen molar-refractivity contribution < 1.29 is 4.79 Å². The van der Waals surface area contributed by atoms with Gasteiger partial charge in [0.15, 0.2) is 0 Å². The van der Waals surface area contributed by atoms with Gasteiger partial charge in [-0.3, -0.25) is 4.79 Å². The van der Waals surface area contributed by atoms with Gasteiger partial charge in [0.2, 0.25) is 5.91 Å². The van der Waals surface area contributed by atoms with Crippen molar-refractivity contribution in [2.24, 2.45) is 11.7 Å². The molecule has 1 amide bonds. The number of fused-ring (bicyclic) bond motifs is 1. The predicted octanol–water partition coefficient (Wildman–Crippen LogP) is 2.17. The van der Waals surface area contributed by atoms with Gasteiger partial charge in [-0.1, -0.05) is 6.07 Å². The molecule has 19 heavy (non-hydrogen) atoms. The predicted molar refractivity (Wildman–Crippen MR) is 75.9 cm³/mol. The molecule has 3 aliphatic rings. The monoisotopic (exact) mass is 321 g/mol. The highest BCUT2D eigenvalue weighted by molar-refractivity contribution is 9.10. The van der Waals surface area contributed by atoms with Gasteiger partial charge in [0.1, 0.15) is 16.5 Å². The summed E-state index contributed by atoms with van der Waals surface area (Å²) in [5.41, 5.74) is 6.86. The number of carbonyl (C=O) groups is 1. The van der Waals surface area contributed by atoms with Crippen LogP contribution in [0.15, 0.2) is 16.7 Å². The standard InChI is InChI=1S/C14H16BrN3O/c15-12-4-3-9(7-1-2-7)14(17-12)18-10-5-8(10)6-11(18)13(16)19/h3-4,7-8,10-11H,1-2,5-6H2,(H2,16,19). The van der Waals surface area contributed by atoms with Crippen molar-refractivity contribution in [2.75, 3.05) is 4.90 Å². The number of halogens is 1. The van der Waals surface area contributed by atoms with E-state index in [0.717, 1.165) is 16.8 Å². The molecule has 1 aromatic rings. The number of hydrogen-bond acceptors (Lipinski definition) is 3. The van der Waals surface area contributed by atoms with Crippen molar-refractivity contribution in [3.8, 4) is 0 Å². The molecule has 3 fully saturated rings. The van der Waals surface area contributed by atoms with Crippen molar-refractivity contribution in [1.82, 2.24) is 4.98 Å². The second kappa shape index (κ2) is 3.95. The number of amides is 1. The van der Waals surface area contributed by atoms with Gasteiger partial charge < -0.3 is 10.6 Å². The van der Waals surface area contributed by atoms with Crippen molar-refractivity contribution in [2.45, 2.75) is 43.7 Å². The van der Waals surface area contributed by atoms with E-state index in [1.807, 2.05) is 6.07 Å². The molecule has 0 bridgehead atoms. The number of nitrogens with zero attached hydrogens (tertiary/aromatic N) is 2. The maximum atomic E-state index is 11.7. The first-order chi connectivity index (χ1) is 9.15. The summed E-state index contributed by atoms with van der Waals surface area (Å²) in [6.07, 6.45) is 4.55. The van der Waals surface area contributed by atoms with E-state index in [2.05, 4.69) is 31.9 Å². The Labute approximate surface area is 120 Å². The molecule has 1 aliphatic heterocycles. The van der Waals surface area contributed by atoms with Gasteiger partial charge in [0.05, 0.1) is 0 Å². The highest BCUT2D eigenvalue weighted by Crippen LogP contribution is 2.52. The smallest absolute Gasteiger partial charge is 0.240 e. The van der Waals surface area contributed by atoms with Crippen LogP contribution in [0.5, 0.6) is 0 Å². The fourth-order valence-electron chi connectivity index (χ4n) is 3.37. The van der Waals surface area contributed by atoms with E-state index >= 15 is 0 Å². The minimum absolute atomic E-state index is 0.164. The van der Waals surface area contributed by atoms with Crippen molar-refractivity contribution in [1.29, 1.82) is 0 Å². The van der Waals surface area contributed by atoms with Gasteiger partial charge in [-0.2, -0.15) is 0 Å². The van der Waals surface area contributed by atoms with Crippen molar-refractivity contribution in [3.63, 3.8) is 0 Å². The lowest BCUT2D eigenvalue weighted by molar-refractivity contribution is -0.119. The Hall–Kier alpha value is -1.10. The summed E-state index contributed by atoms with van der Waals surface area (Å²) in [7, 11) is 0. The lowest BCUT2D eigenvalue weighted by atomic mass is 10.1. The Morgan fingerprint density at radius 1 is 1.37 bits per heavy atom. The SMILES string of the molecule is NC(=O)C1CC2CC2N1c1nc(Br)ccc1C1CC1. The Morgan fingerprint density at radius 2 is 2.16 bits per heavy atom. The molecule has 4 rings (SSSR count). The van der Waals surface area contributed by atoms with Crippen molar-refractivity contribution in [3.05, 3.63) is 22.3 Å². The molecule has 3 unspecified atom stereocenters. The molecule has 3 atom stereocenters. The van der Waals surface area contributed by atoms with Crippen LogP contribution in [0.3, 0.4) is 0 Å². The van der Waals surface area contributed by atoms with Crippen LogP contribution in [0.4, 0.5) is 5.82 Å². The van der Waals surface area contributed by atoms with E-state index < -0.39 is 0 Å². The lowest BCUT2D eigenvalue weighted by Gasteiger charge is -2.28. The van der Waals surface area contributed by atoms with E-state index in [1.165, 1.54) is 24.8 Å². The Morgan fingerprint density at radius 3 is 2.84 bits per heavy atom. The normalized spacial score (nSPS) is 32.3. The van der Waals surface area contributed by atoms with Crippen LogP contribution < -0.4 is 10.6 Å². The summed E-state index contributed by atoms with van der Waals surface area (Å²) < 4.78 is 0.833. The average molecular weight is 322 g/mol. The molecule has 2 aliphatic carbocycles. The molecule has 100 valence electrons. The van der Waals surface area contributed by atoms with E-state index in [9.17, 15) is 4.79 Å². The van der Waals surface area contributed by atoms with E-state index in [0.29, 0.717) is 17.9 Å². The van der Waals surface area contributed by atoms with Crippen molar-refractivity contribution >= 4 is 27.7 Å². The zero-order valence-electron chi connectivity index (χ0n) is 10.6. The lowest BCUT2D eigenvalue weighted by Crippen LogP contribution is -2.43. The molecule has 0 radical (unpaired) electrons. The van der Waals surface area contributed by atoms with Crippen LogP contribution in [0.1, 0.15) is 37.2 Å². The first-order valence-corrected chi connectivity index (χ1v) is 7.68. The Balaban J connectivity index is 1.78. The minimum atomic E-state index is -0.212. The summed E-state index contributed by atoms with van der Waals surface area (Å²) >= 11 is 3.45. The molecule has 1 aromatic heterocycles. The highest BCUT2D eigenvalue weighted by atomic mass is 79.9. The van der Waals surface area contributed by atoms with Crippen LogP contribution >= 0.6 is 15.9 Å². The quantitative estimate of drug-likeness (QED) is 0.868. The molecule has 0 spiro atoms. The van der Waals surface area contributed by atoms with E-state index in [4.69, 9.17) is 5.73 Å². The molecule has 5 heteroatoms. The van der Waals surface area contributed by atoms with Crippen LogP contribution in [0.2, 0.25) is 0 Å². The van der Waals surface area contributed by atoms with Crippen LogP contribution in [-0.2, 0) is 4.79 Å². The molecule has 0 aromatic carbocycles. The topological polar surface area (TPSA) is 59.2 Å². The van der Waals surface area contributed by atoms with Gasteiger partial charge in [0.25, 0.3) is 0 Å². The summed E-state index contributed by atoms with van der Waals surface area (Å²) in [5.74, 6) is 2.05. The van der Waals surface area contributed by atoms with Gasteiger partial charge in [-0.05, 0) is 65.1 Å². The fraction of sp³-hybridized carbons (Fsp3) is 0.571. The number of pyridine rings is 1. The number of aromatic nitrogens is 1. The van der Waals surface area contributed by atoms with Crippen LogP contribution in [-0.4, -0.2) is 23.0 Å². The number of piperidine rings is 1. The third kappa shape index (κ3) is 1.86. The molecule has 2 saturated carbocycles. The molecular weight excluding hydrogens is 306 g/mol. The van der Waals surface area contributed by atoms with Crippen LogP contribution in [0, 0.1) is 5.92 Å². The highest BCUT2D eigenvalue weighted by Gasteiger charge is 2.55. The number of anilines is 1. The average Bonchev–Trinajstić information content (AvgIpc) is 3.28. The number of carbonyl (C=O) groups excluding carboxylic acids is 1. The first kappa shape index (κ1) is 11.7. The molecular formula is C14H16BrN3O. The zero-order valence-corrected chi connectivity index (χ0v) is 12.1. The second-order valence-corrected chi connectivity index (χ2v) is 6.76. The molecule has 2 heterocycles. The fourth-order valence-corrected chi connectivity index (χ4v) is 3.67. The van der Waals surface area contributed by atoms with Gasteiger partial charge in [0, 0.05) is 6.04 Å². The number of primary amides is 1. The van der Waals surface area contributed by atoms with Gasteiger partial charge in [-0.15, -0.1) is 0 Å². The minimum Gasteiger partial charge on any atom is -0.368 e. The summed E-state index contributed by atoms with van der Waals surface area (Å²) in [6, 6.07) is 4.47. The number of hydrogen-bond donors (Lipinski definition) is 1. The number of nitrogens with two attached hydrogens (primary N) is 1. The third-order valence-corrected chi connectivity index (χ3v) is 5.01. The Bertz CT molecular complexity index is 558. The summed E-state index contributed by atoms with van der Waals surface area (Å²) in [4.78, 5) is 18.5. The molecule has 4 nitrogen and oxygen atoms in total.